The molecule has 1 aliphatic rings. The summed E-state index contributed by atoms with van der Waals surface area (Å²) in [6, 6.07) is 6.74. The first kappa shape index (κ1) is 14.0. The van der Waals surface area contributed by atoms with Gasteiger partial charge in [-0.3, -0.25) is 10.1 Å². The lowest BCUT2D eigenvalue weighted by Gasteiger charge is -2.10. The van der Waals surface area contributed by atoms with Gasteiger partial charge in [0.2, 0.25) is 5.91 Å². The third kappa shape index (κ3) is 2.76. The van der Waals surface area contributed by atoms with Gasteiger partial charge in [-0.15, -0.1) is 0 Å². The van der Waals surface area contributed by atoms with Crippen molar-refractivity contribution < 1.29 is 18.0 Å². The van der Waals surface area contributed by atoms with Crippen LogP contribution in [0.5, 0.6) is 0 Å². The molecule has 2 N–H and O–H groups in total. The van der Waals surface area contributed by atoms with Crippen molar-refractivity contribution in [1.29, 1.82) is 0 Å². The Morgan fingerprint density at radius 1 is 1.48 bits per heavy atom. The first-order valence-corrected chi connectivity index (χ1v) is 6.82. The summed E-state index contributed by atoms with van der Waals surface area (Å²) in [5.74, 6) is -2.58. The van der Waals surface area contributed by atoms with Gasteiger partial charge in [-0.25, -0.2) is 8.78 Å². The summed E-state index contributed by atoms with van der Waals surface area (Å²) in [5, 5.41) is 6.18. The lowest BCUT2D eigenvalue weighted by molar-refractivity contribution is -0.123. The highest BCUT2D eigenvalue weighted by Crippen LogP contribution is 2.26. The molecule has 2 heterocycles. The predicted molar refractivity (Wildman–Crippen MR) is 74.2 cm³/mol. The van der Waals surface area contributed by atoms with Gasteiger partial charge in [0.25, 0.3) is 5.92 Å². The highest BCUT2D eigenvalue weighted by molar-refractivity contribution is 5.83. The normalized spacial score (nSPS) is 20.8. The Labute approximate surface area is 120 Å². The molecule has 112 valence electrons. The van der Waals surface area contributed by atoms with Gasteiger partial charge in [-0.1, -0.05) is 18.2 Å². The van der Waals surface area contributed by atoms with Crippen LogP contribution in [0.2, 0.25) is 0 Å². The molecule has 4 nitrogen and oxygen atoms in total. The lowest BCUT2D eigenvalue weighted by atomic mass is 10.1. The van der Waals surface area contributed by atoms with Crippen LogP contribution in [0, 0.1) is 6.92 Å². The van der Waals surface area contributed by atoms with E-state index in [9.17, 15) is 13.6 Å². The van der Waals surface area contributed by atoms with Crippen LogP contribution in [-0.2, 0) is 11.3 Å². The van der Waals surface area contributed by atoms with Crippen LogP contribution in [0.15, 0.2) is 28.7 Å². The Morgan fingerprint density at radius 2 is 2.24 bits per heavy atom. The van der Waals surface area contributed by atoms with Crippen molar-refractivity contribution in [3.63, 3.8) is 0 Å². The summed E-state index contributed by atoms with van der Waals surface area (Å²) in [6.45, 7) is 1.66. The molecule has 0 bridgehead atoms. The minimum Gasteiger partial charge on any atom is -0.459 e. The summed E-state index contributed by atoms with van der Waals surface area (Å²) < 4.78 is 31.8. The molecule has 0 saturated carbocycles. The molecule has 1 saturated heterocycles. The predicted octanol–water partition coefficient (Wildman–Crippen LogP) is 2.35. The molecular formula is C15H16F2N2O2. The number of nitrogens with one attached hydrogen (secondary N) is 2. The van der Waals surface area contributed by atoms with E-state index in [0.717, 1.165) is 16.5 Å². The molecule has 6 heteroatoms. The molecule has 0 spiro atoms. The number of halogens is 2. The zero-order valence-electron chi connectivity index (χ0n) is 11.6. The van der Waals surface area contributed by atoms with Gasteiger partial charge in [0.15, 0.2) is 0 Å². The number of hydrogen-bond donors (Lipinski definition) is 2. The fourth-order valence-electron chi connectivity index (χ4n) is 2.59. The summed E-state index contributed by atoms with van der Waals surface area (Å²) >= 11 is 0. The van der Waals surface area contributed by atoms with E-state index in [2.05, 4.69) is 10.6 Å². The second kappa shape index (κ2) is 5.11. The quantitative estimate of drug-likeness (QED) is 0.913. The Morgan fingerprint density at radius 3 is 2.90 bits per heavy atom. The van der Waals surface area contributed by atoms with Gasteiger partial charge in [0.1, 0.15) is 11.3 Å². The third-order valence-corrected chi connectivity index (χ3v) is 3.79. The van der Waals surface area contributed by atoms with Gasteiger partial charge >= 0.3 is 0 Å². The first-order valence-electron chi connectivity index (χ1n) is 6.82. The molecule has 0 radical (unpaired) electrons. The number of amides is 1. The Hall–Kier alpha value is -1.95. The fraction of sp³-hybridized carbons (Fsp3) is 0.400. The van der Waals surface area contributed by atoms with E-state index < -0.39 is 30.8 Å². The fourth-order valence-corrected chi connectivity index (χ4v) is 2.59. The van der Waals surface area contributed by atoms with Crippen LogP contribution in [0.4, 0.5) is 8.78 Å². The van der Waals surface area contributed by atoms with Crippen molar-refractivity contribution in [3.05, 3.63) is 35.6 Å². The Kier molecular flexibility index (Phi) is 3.41. The molecule has 1 amide bonds. The average molecular weight is 294 g/mol. The van der Waals surface area contributed by atoms with E-state index in [1.165, 1.54) is 0 Å². The maximum absolute atomic E-state index is 13.1. The van der Waals surface area contributed by atoms with Crippen LogP contribution < -0.4 is 10.6 Å². The second-order valence-electron chi connectivity index (χ2n) is 5.36. The number of alkyl halides is 2. The molecule has 1 fully saturated rings. The Bertz CT molecular complexity index is 681. The van der Waals surface area contributed by atoms with E-state index in [-0.39, 0.29) is 6.54 Å². The van der Waals surface area contributed by atoms with Crippen molar-refractivity contribution >= 4 is 16.9 Å². The van der Waals surface area contributed by atoms with E-state index in [1.807, 2.05) is 31.2 Å². The van der Waals surface area contributed by atoms with Crippen LogP contribution in [0.3, 0.4) is 0 Å². The second-order valence-corrected chi connectivity index (χ2v) is 5.36. The van der Waals surface area contributed by atoms with Crippen LogP contribution in [-0.4, -0.2) is 24.4 Å². The van der Waals surface area contributed by atoms with Crippen LogP contribution in [0.1, 0.15) is 17.7 Å². The average Bonchev–Trinajstić information content (AvgIpc) is 2.97. The molecule has 21 heavy (non-hydrogen) atoms. The van der Waals surface area contributed by atoms with Gasteiger partial charge < -0.3 is 9.73 Å². The summed E-state index contributed by atoms with van der Waals surface area (Å²) in [5.41, 5.74) is 1.71. The third-order valence-electron chi connectivity index (χ3n) is 3.79. The SMILES string of the molecule is Cc1c(CNC(=O)C2CC(F)(F)CN2)oc2ccccc12. The van der Waals surface area contributed by atoms with Crippen molar-refractivity contribution in [2.75, 3.05) is 6.54 Å². The topological polar surface area (TPSA) is 54.3 Å². The molecule has 1 aromatic heterocycles. The Balaban J connectivity index is 1.67. The first-order chi connectivity index (χ1) is 9.96. The molecular weight excluding hydrogens is 278 g/mol. The molecule has 2 aromatic rings. The number of fused-ring (bicyclic) bond motifs is 1. The largest absolute Gasteiger partial charge is 0.459 e. The van der Waals surface area contributed by atoms with Crippen molar-refractivity contribution in [2.45, 2.75) is 31.9 Å². The number of furan rings is 1. The number of carbonyl (C=O) groups is 1. The smallest absolute Gasteiger partial charge is 0.262 e. The van der Waals surface area contributed by atoms with Crippen molar-refractivity contribution in [3.8, 4) is 0 Å². The molecule has 1 aromatic carbocycles. The highest BCUT2D eigenvalue weighted by atomic mass is 19.3. The van der Waals surface area contributed by atoms with E-state index in [0.29, 0.717) is 5.76 Å². The van der Waals surface area contributed by atoms with Gasteiger partial charge in [0, 0.05) is 17.4 Å². The van der Waals surface area contributed by atoms with Gasteiger partial charge in [-0.05, 0) is 13.0 Å². The molecule has 1 atom stereocenters. The zero-order valence-corrected chi connectivity index (χ0v) is 11.6. The van der Waals surface area contributed by atoms with E-state index >= 15 is 0 Å². The number of aryl methyl sites for hydroxylation is 1. The van der Waals surface area contributed by atoms with E-state index in [1.54, 1.807) is 0 Å². The lowest BCUT2D eigenvalue weighted by Crippen LogP contribution is -2.40. The monoisotopic (exact) mass is 294 g/mol. The number of carbonyl (C=O) groups excluding carboxylic acids is 1. The summed E-state index contributed by atoms with van der Waals surface area (Å²) in [7, 11) is 0. The minimum atomic E-state index is -2.81. The minimum absolute atomic E-state index is 0.198. The number of rotatable bonds is 3. The van der Waals surface area contributed by atoms with Crippen molar-refractivity contribution in [2.24, 2.45) is 0 Å². The number of benzene rings is 1. The number of hydrogen-bond acceptors (Lipinski definition) is 3. The van der Waals surface area contributed by atoms with Gasteiger partial charge in [0.05, 0.1) is 19.1 Å². The summed E-state index contributed by atoms with van der Waals surface area (Å²) in [6.07, 6.45) is -0.460. The standard InChI is InChI=1S/C15H16F2N2O2/c1-9-10-4-2-3-5-12(10)21-13(9)7-18-14(20)11-6-15(16,17)8-19-11/h2-5,11,19H,6-8H2,1H3,(H,18,20). The molecule has 1 aliphatic heterocycles. The molecule has 3 rings (SSSR count). The maximum atomic E-state index is 13.1. The van der Waals surface area contributed by atoms with Crippen molar-refractivity contribution in [1.82, 2.24) is 10.6 Å². The highest BCUT2D eigenvalue weighted by Gasteiger charge is 2.42. The molecule has 0 aliphatic carbocycles. The van der Waals surface area contributed by atoms with Crippen LogP contribution in [0.25, 0.3) is 11.0 Å². The number of para-hydroxylation sites is 1. The van der Waals surface area contributed by atoms with Crippen LogP contribution >= 0.6 is 0 Å². The zero-order chi connectivity index (χ0) is 15.0. The summed E-state index contributed by atoms with van der Waals surface area (Å²) in [4.78, 5) is 11.9. The van der Waals surface area contributed by atoms with E-state index in [4.69, 9.17) is 4.42 Å². The molecule has 1 unspecified atom stereocenters. The maximum Gasteiger partial charge on any atom is 0.262 e. The van der Waals surface area contributed by atoms with Gasteiger partial charge in [-0.2, -0.15) is 0 Å².